The van der Waals surface area contributed by atoms with Gasteiger partial charge in [0.05, 0.1) is 17.6 Å². The predicted octanol–water partition coefficient (Wildman–Crippen LogP) is 3.02. The van der Waals surface area contributed by atoms with Crippen molar-refractivity contribution in [3.8, 4) is 5.69 Å². The minimum atomic E-state index is -0.745. The van der Waals surface area contributed by atoms with Gasteiger partial charge in [-0.05, 0) is 43.4 Å². The van der Waals surface area contributed by atoms with Gasteiger partial charge in [-0.25, -0.2) is 4.68 Å². The molecule has 1 aromatic heterocycles. The zero-order chi connectivity index (χ0) is 15.1. The number of rotatable bonds is 8. The van der Waals surface area contributed by atoms with Gasteiger partial charge in [-0.2, -0.15) is 0 Å². The van der Waals surface area contributed by atoms with Crippen molar-refractivity contribution in [1.82, 2.24) is 15.0 Å². The Balaban J connectivity index is 1.91. The molecule has 5 heteroatoms. The van der Waals surface area contributed by atoms with Crippen LogP contribution in [0.4, 0.5) is 0 Å². The third kappa shape index (κ3) is 4.70. The molecule has 2 rings (SSSR count). The molecule has 0 saturated carbocycles. The summed E-state index contributed by atoms with van der Waals surface area (Å²) in [5, 5.41) is 16.9. The molecule has 1 N–H and O–H groups in total. The molecule has 0 bridgehead atoms. The standard InChI is InChI=1S/C16H21N3O2/c1-2-5-13-8-10-15(11-9-13)19-12-14(17-18-19)6-3-4-7-16(20)21/h8-12H,2-7H2,1H3,(H,20,21). The topological polar surface area (TPSA) is 68.0 Å². The Kier molecular flexibility index (Phi) is 5.49. The van der Waals surface area contributed by atoms with Crippen LogP contribution in [0.3, 0.4) is 0 Å². The molecule has 112 valence electrons. The van der Waals surface area contributed by atoms with Crippen LogP contribution in [0.2, 0.25) is 0 Å². The fourth-order valence-corrected chi connectivity index (χ4v) is 2.23. The lowest BCUT2D eigenvalue weighted by molar-refractivity contribution is -0.137. The third-order valence-electron chi connectivity index (χ3n) is 3.35. The lowest BCUT2D eigenvalue weighted by atomic mass is 10.1. The van der Waals surface area contributed by atoms with E-state index in [4.69, 9.17) is 5.11 Å². The zero-order valence-corrected chi connectivity index (χ0v) is 12.3. The van der Waals surface area contributed by atoms with E-state index in [0.29, 0.717) is 6.42 Å². The number of hydrogen-bond acceptors (Lipinski definition) is 3. The first kappa shape index (κ1) is 15.2. The molecule has 0 saturated heterocycles. The van der Waals surface area contributed by atoms with Crippen LogP contribution < -0.4 is 0 Å². The van der Waals surface area contributed by atoms with Gasteiger partial charge in [0.25, 0.3) is 0 Å². The lowest BCUT2D eigenvalue weighted by Crippen LogP contribution is -1.95. The Morgan fingerprint density at radius 2 is 1.95 bits per heavy atom. The third-order valence-corrected chi connectivity index (χ3v) is 3.35. The van der Waals surface area contributed by atoms with Crippen molar-refractivity contribution < 1.29 is 9.90 Å². The summed E-state index contributed by atoms with van der Waals surface area (Å²) in [6, 6.07) is 8.34. The second-order valence-corrected chi connectivity index (χ2v) is 5.17. The number of carboxylic acids is 1. The van der Waals surface area contributed by atoms with Gasteiger partial charge in [0.2, 0.25) is 0 Å². The first-order chi connectivity index (χ1) is 10.2. The van der Waals surface area contributed by atoms with Crippen molar-refractivity contribution in [2.45, 2.75) is 45.4 Å². The summed E-state index contributed by atoms with van der Waals surface area (Å²) in [4.78, 5) is 10.4. The van der Waals surface area contributed by atoms with E-state index < -0.39 is 5.97 Å². The number of benzene rings is 1. The maximum atomic E-state index is 10.4. The summed E-state index contributed by atoms with van der Waals surface area (Å²) in [7, 11) is 0. The van der Waals surface area contributed by atoms with Gasteiger partial charge in [-0.15, -0.1) is 5.10 Å². The lowest BCUT2D eigenvalue weighted by Gasteiger charge is -2.02. The van der Waals surface area contributed by atoms with Crippen LogP contribution in [0.5, 0.6) is 0 Å². The molecule has 1 heterocycles. The Hall–Kier alpha value is -2.17. The summed E-state index contributed by atoms with van der Waals surface area (Å²) in [5.74, 6) is -0.745. The molecular weight excluding hydrogens is 266 g/mol. The number of nitrogens with zero attached hydrogens (tertiary/aromatic N) is 3. The van der Waals surface area contributed by atoms with Crippen molar-refractivity contribution >= 4 is 5.97 Å². The van der Waals surface area contributed by atoms with E-state index in [1.807, 2.05) is 18.3 Å². The second kappa shape index (κ2) is 7.57. The monoisotopic (exact) mass is 287 g/mol. The minimum Gasteiger partial charge on any atom is -0.481 e. The zero-order valence-electron chi connectivity index (χ0n) is 12.3. The molecule has 1 aromatic carbocycles. The molecule has 2 aromatic rings. The van der Waals surface area contributed by atoms with E-state index in [9.17, 15) is 4.79 Å². The molecule has 0 spiro atoms. The molecule has 0 aliphatic rings. The van der Waals surface area contributed by atoms with Gasteiger partial charge >= 0.3 is 5.97 Å². The summed E-state index contributed by atoms with van der Waals surface area (Å²) in [6.45, 7) is 2.17. The van der Waals surface area contributed by atoms with Gasteiger partial charge in [-0.1, -0.05) is 30.7 Å². The average Bonchev–Trinajstić information content (AvgIpc) is 2.93. The quantitative estimate of drug-likeness (QED) is 0.758. The Morgan fingerprint density at radius 3 is 2.62 bits per heavy atom. The van der Waals surface area contributed by atoms with E-state index in [-0.39, 0.29) is 6.42 Å². The Bertz CT molecular complexity index is 575. The molecule has 0 amide bonds. The van der Waals surface area contributed by atoms with E-state index in [1.54, 1.807) is 4.68 Å². The second-order valence-electron chi connectivity index (χ2n) is 5.17. The van der Waals surface area contributed by atoms with Crippen LogP contribution in [-0.4, -0.2) is 26.1 Å². The van der Waals surface area contributed by atoms with Crippen LogP contribution in [0, 0.1) is 0 Å². The minimum absolute atomic E-state index is 0.215. The molecule has 0 unspecified atom stereocenters. The van der Waals surface area contributed by atoms with E-state index >= 15 is 0 Å². The molecule has 5 nitrogen and oxygen atoms in total. The number of aromatic nitrogens is 3. The molecule has 0 radical (unpaired) electrons. The van der Waals surface area contributed by atoms with Crippen molar-refractivity contribution in [3.63, 3.8) is 0 Å². The van der Waals surface area contributed by atoms with Gasteiger partial charge in [-0.3, -0.25) is 4.79 Å². The van der Waals surface area contributed by atoms with Crippen molar-refractivity contribution in [2.24, 2.45) is 0 Å². The van der Waals surface area contributed by atoms with E-state index in [2.05, 4.69) is 29.4 Å². The maximum absolute atomic E-state index is 10.4. The van der Waals surface area contributed by atoms with Gasteiger partial charge in [0, 0.05) is 6.42 Å². The molecule has 0 atom stereocenters. The number of aliphatic carboxylic acids is 1. The first-order valence-corrected chi connectivity index (χ1v) is 7.41. The highest BCUT2D eigenvalue weighted by Gasteiger charge is 2.04. The highest BCUT2D eigenvalue weighted by atomic mass is 16.4. The number of aryl methyl sites for hydroxylation is 2. The highest BCUT2D eigenvalue weighted by molar-refractivity contribution is 5.66. The van der Waals surface area contributed by atoms with Crippen LogP contribution in [-0.2, 0) is 17.6 Å². The fourth-order valence-electron chi connectivity index (χ4n) is 2.23. The Morgan fingerprint density at radius 1 is 1.19 bits per heavy atom. The van der Waals surface area contributed by atoms with Gasteiger partial charge in [0.15, 0.2) is 0 Å². The SMILES string of the molecule is CCCc1ccc(-n2cc(CCCCC(=O)O)nn2)cc1. The molecule has 0 aliphatic heterocycles. The van der Waals surface area contributed by atoms with Crippen LogP contribution in [0.1, 0.15) is 43.9 Å². The first-order valence-electron chi connectivity index (χ1n) is 7.41. The number of carboxylic acid groups (broad SMARTS) is 1. The number of hydrogen-bond donors (Lipinski definition) is 1. The van der Waals surface area contributed by atoms with E-state index in [1.165, 1.54) is 5.56 Å². The van der Waals surface area contributed by atoms with Crippen molar-refractivity contribution in [3.05, 3.63) is 41.7 Å². The molecule has 21 heavy (non-hydrogen) atoms. The normalized spacial score (nSPS) is 10.7. The van der Waals surface area contributed by atoms with Crippen LogP contribution in [0.25, 0.3) is 5.69 Å². The summed E-state index contributed by atoms with van der Waals surface area (Å²) in [6.07, 6.45) is 6.62. The predicted molar refractivity (Wildman–Crippen MR) is 80.5 cm³/mol. The smallest absolute Gasteiger partial charge is 0.303 e. The highest BCUT2D eigenvalue weighted by Crippen LogP contribution is 2.11. The largest absolute Gasteiger partial charge is 0.481 e. The fraction of sp³-hybridized carbons (Fsp3) is 0.438. The van der Waals surface area contributed by atoms with E-state index in [0.717, 1.165) is 37.1 Å². The van der Waals surface area contributed by atoms with Crippen molar-refractivity contribution in [1.29, 1.82) is 0 Å². The van der Waals surface area contributed by atoms with Crippen molar-refractivity contribution in [2.75, 3.05) is 0 Å². The summed E-state index contributed by atoms with van der Waals surface area (Å²) < 4.78 is 1.77. The van der Waals surface area contributed by atoms with Crippen LogP contribution in [0.15, 0.2) is 30.5 Å². The van der Waals surface area contributed by atoms with Gasteiger partial charge in [0.1, 0.15) is 0 Å². The number of unbranched alkanes of at least 4 members (excludes halogenated alkanes) is 1. The number of carbonyl (C=O) groups is 1. The Labute approximate surface area is 124 Å². The average molecular weight is 287 g/mol. The summed E-state index contributed by atoms with van der Waals surface area (Å²) >= 11 is 0. The molecular formula is C16H21N3O2. The molecule has 0 aliphatic carbocycles. The maximum Gasteiger partial charge on any atom is 0.303 e. The molecule has 0 fully saturated rings. The summed E-state index contributed by atoms with van der Waals surface area (Å²) in [5.41, 5.74) is 3.23. The van der Waals surface area contributed by atoms with Gasteiger partial charge < -0.3 is 5.11 Å². The van der Waals surface area contributed by atoms with Crippen LogP contribution >= 0.6 is 0 Å².